The van der Waals surface area contributed by atoms with Gasteiger partial charge < -0.3 is 9.61 Å². The maximum Gasteiger partial charge on any atom is 0.338 e. The van der Waals surface area contributed by atoms with Gasteiger partial charge in [0.15, 0.2) is 0 Å². The predicted molar refractivity (Wildman–Crippen MR) is 20.7 cm³/mol. The zero-order valence-electron chi connectivity index (χ0n) is 3.49. The molecule has 1 fully saturated rings. The van der Waals surface area contributed by atoms with Crippen LogP contribution in [0.25, 0.3) is 0 Å². The molecule has 6 heteroatoms. The maximum atomic E-state index is 4.26. The lowest BCUT2D eigenvalue weighted by molar-refractivity contribution is -0.340. The van der Waals surface area contributed by atoms with E-state index in [0.29, 0.717) is 0 Å². The second-order valence-corrected chi connectivity index (χ2v) is 0.818. The fraction of sp³-hybridized carbons (Fsp3) is 1.00. The van der Waals surface area contributed by atoms with Crippen molar-refractivity contribution in [2.75, 3.05) is 6.79 Å². The molecule has 0 aliphatic carbocycles. The molecule has 2 radical (unpaired) electrons. The predicted octanol–water partition coefficient (Wildman–Crippen LogP) is -0.993. The molecular weight excluding hydrogens is 97.6 g/mol. The molecule has 1 aliphatic rings. The number of rotatable bonds is 0. The van der Waals surface area contributed by atoms with E-state index in [1.807, 2.05) is 0 Å². The Labute approximate surface area is 42.1 Å². The van der Waals surface area contributed by atoms with Crippen molar-refractivity contribution in [2.24, 2.45) is 0 Å². The largest absolute Gasteiger partial charge is 0.338 e. The highest BCUT2D eigenvalue weighted by Gasteiger charge is 2.03. The third-order valence-corrected chi connectivity index (χ3v) is 0.399. The second-order valence-electron chi connectivity index (χ2n) is 0.818. The molecule has 1 aliphatic heterocycles. The van der Waals surface area contributed by atoms with Gasteiger partial charge in [0.1, 0.15) is 0 Å². The lowest BCUT2D eigenvalue weighted by Crippen LogP contribution is -2.05. The smallest absolute Gasteiger partial charge is 0.316 e. The van der Waals surface area contributed by atoms with E-state index in [2.05, 4.69) is 19.4 Å². The quantitative estimate of drug-likeness (QED) is 0.289. The Morgan fingerprint density at radius 2 is 1.57 bits per heavy atom. The van der Waals surface area contributed by atoms with Gasteiger partial charge in [-0.15, -0.1) is 0 Å². The molecule has 1 rings (SSSR count). The highest BCUT2D eigenvalue weighted by atomic mass is 17.3. The summed E-state index contributed by atoms with van der Waals surface area (Å²) in [5.74, 6) is 0. The van der Waals surface area contributed by atoms with Crippen LogP contribution in [0.15, 0.2) is 0 Å². The zero-order valence-corrected chi connectivity index (χ0v) is 3.49. The monoisotopic (exact) mass is 100 g/mol. The Balaban J connectivity index is 2.04. The Kier molecular flexibility index (Phi) is 2.22. The van der Waals surface area contributed by atoms with Gasteiger partial charge in [0.2, 0.25) is 6.79 Å². The van der Waals surface area contributed by atoms with E-state index in [9.17, 15) is 0 Å². The van der Waals surface area contributed by atoms with Gasteiger partial charge in [0.25, 0.3) is 0 Å². The van der Waals surface area contributed by atoms with Crippen LogP contribution in [0.2, 0.25) is 0 Å². The maximum absolute atomic E-state index is 4.26. The van der Waals surface area contributed by atoms with Crippen molar-refractivity contribution in [2.45, 2.75) is 0 Å². The van der Waals surface area contributed by atoms with Crippen molar-refractivity contribution >= 4 is 14.7 Å². The summed E-state index contributed by atoms with van der Waals surface area (Å²) in [4.78, 5) is 17.0. The summed E-state index contributed by atoms with van der Waals surface area (Å²) < 4.78 is 0. The van der Waals surface area contributed by atoms with Crippen LogP contribution in [0.5, 0.6) is 0 Å². The van der Waals surface area contributed by atoms with Crippen molar-refractivity contribution in [3.8, 4) is 0 Å². The molecule has 36 valence electrons. The summed E-state index contributed by atoms with van der Waals surface area (Å²) in [5.41, 5.74) is 0. The molecule has 0 N–H and O–H groups in total. The van der Waals surface area contributed by atoms with Crippen molar-refractivity contribution in [1.29, 1.82) is 0 Å². The Morgan fingerprint density at radius 1 is 1.00 bits per heavy atom. The van der Waals surface area contributed by atoms with E-state index in [1.165, 1.54) is 14.7 Å². The average Bonchev–Trinajstić information content (AvgIpc) is 1.90. The fourth-order valence-corrected chi connectivity index (χ4v) is 0.199. The minimum absolute atomic E-state index is 0.00694. The van der Waals surface area contributed by atoms with Gasteiger partial charge in [-0.1, -0.05) is 0 Å². The molecule has 0 aromatic heterocycles. The summed E-state index contributed by atoms with van der Waals surface area (Å²) in [7, 11) is 2.46. The minimum Gasteiger partial charge on any atom is -0.316 e. The van der Waals surface area contributed by atoms with Gasteiger partial charge in [0.05, 0.1) is 0 Å². The molecule has 7 heavy (non-hydrogen) atoms. The highest BCUT2D eigenvalue weighted by molar-refractivity contribution is 6.93. The normalized spacial score (nSPS) is 21.7. The van der Waals surface area contributed by atoms with Crippen molar-refractivity contribution in [3.05, 3.63) is 0 Å². The molecule has 1 saturated heterocycles. The van der Waals surface area contributed by atoms with Crippen LogP contribution < -0.4 is 0 Å². The van der Waals surface area contributed by atoms with Crippen LogP contribution in [-0.4, -0.2) is 21.5 Å². The molecule has 0 spiro atoms. The third kappa shape index (κ3) is 1.94. The molecule has 0 atom stereocenters. The van der Waals surface area contributed by atoms with Crippen LogP contribution in [0.4, 0.5) is 0 Å². The van der Waals surface area contributed by atoms with Gasteiger partial charge in [-0.3, -0.25) is 0 Å². The fourth-order valence-electron chi connectivity index (χ4n) is 0.199. The van der Waals surface area contributed by atoms with Crippen molar-refractivity contribution in [1.82, 2.24) is 0 Å². The van der Waals surface area contributed by atoms with Crippen molar-refractivity contribution < 1.29 is 19.4 Å². The third-order valence-electron chi connectivity index (χ3n) is 0.399. The lowest BCUT2D eigenvalue weighted by atomic mass is 9.65. The molecular formula is CH2B2O4. The van der Waals surface area contributed by atoms with Gasteiger partial charge in [-0.05, 0) is 0 Å². The molecule has 0 saturated carbocycles. The zero-order chi connectivity index (χ0) is 4.95. The second kappa shape index (κ2) is 3.04. The van der Waals surface area contributed by atoms with Crippen LogP contribution in [0, 0.1) is 0 Å². The molecule has 0 unspecified atom stereocenters. The Hall–Kier alpha value is -0.0301. The van der Waals surface area contributed by atoms with Gasteiger partial charge in [-0.25, -0.2) is 9.78 Å². The Bertz CT molecular complexity index is 29.3. The van der Waals surface area contributed by atoms with E-state index >= 15 is 0 Å². The standard InChI is InChI=1S/CH2B2O4/c1-4-6-2-3-7-5-1/h1H2. The van der Waals surface area contributed by atoms with Crippen LogP contribution in [0.3, 0.4) is 0 Å². The molecule has 0 bridgehead atoms. The summed E-state index contributed by atoms with van der Waals surface area (Å²) in [5, 5.41) is 0. The first-order valence-corrected chi connectivity index (χ1v) is 1.72. The van der Waals surface area contributed by atoms with E-state index in [0.717, 1.165) is 0 Å². The molecule has 0 aromatic rings. The van der Waals surface area contributed by atoms with Crippen LogP contribution in [0.1, 0.15) is 0 Å². The summed E-state index contributed by atoms with van der Waals surface area (Å²) in [6, 6.07) is 0. The number of hydrogen-bond donors (Lipinski definition) is 0. The molecule has 4 nitrogen and oxygen atoms in total. The molecule has 0 aromatic carbocycles. The van der Waals surface area contributed by atoms with Crippen LogP contribution >= 0.6 is 0 Å². The van der Waals surface area contributed by atoms with Gasteiger partial charge in [0, 0.05) is 0 Å². The first-order chi connectivity index (χ1) is 3.50. The van der Waals surface area contributed by atoms with E-state index < -0.39 is 0 Å². The van der Waals surface area contributed by atoms with Gasteiger partial charge in [-0.2, -0.15) is 0 Å². The van der Waals surface area contributed by atoms with E-state index in [1.54, 1.807) is 0 Å². The highest BCUT2D eigenvalue weighted by Crippen LogP contribution is 1.84. The van der Waals surface area contributed by atoms with Crippen LogP contribution in [-0.2, 0) is 19.4 Å². The topological polar surface area (TPSA) is 36.9 Å². The van der Waals surface area contributed by atoms with Gasteiger partial charge >= 0.3 is 14.7 Å². The van der Waals surface area contributed by atoms with Crippen molar-refractivity contribution in [3.63, 3.8) is 0 Å². The molecule has 1 heterocycles. The summed E-state index contributed by atoms with van der Waals surface area (Å²) in [6.45, 7) is -0.00694. The Morgan fingerprint density at radius 3 is 2.14 bits per heavy atom. The minimum atomic E-state index is -0.00694. The first-order valence-electron chi connectivity index (χ1n) is 1.72. The lowest BCUT2D eigenvalue weighted by Gasteiger charge is -1.92. The summed E-state index contributed by atoms with van der Waals surface area (Å²) in [6.07, 6.45) is 0. The average molecular weight is 99.6 g/mol. The first kappa shape index (κ1) is 5.11. The van der Waals surface area contributed by atoms with E-state index in [-0.39, 0.29) is 6.79 Å². The SMILES string of the molecule is [B]1[B]OOCOO1. The summed E-state index contributed by atoms with van der Waals surface area (Å²) >= 11 is 0. The molecule has 0 amide bonds. The van der Waals surface area contributed by atoms with E-state index in [4.69, 9.17) is 0 Å². The number of hydrogen-bond acceptors (Lipinski definition) is 4.